The molecule has 4 heteroatoms. The molecular formula is C14H26N4. The van der Waals surface area contributed by atoms with Crippen molar-refractivity contribution in [3.05, 3.63) is 12.4 Å². The van der Waals surface area contributed by atoms with Crippen LogP contribution in [0.2, 0.25) is 0 Å². The third-order valence-corrected chi connectivity index (χ3v) is 3.55. The molecule has 102 valence electrons. The Morgan fingerprint density at radius 2 is 2.33 bits per heavy atom. The Hall–Kier alpha value is -1.03. The average Bonchev–Trinajstić information content (AvgIpc) is 2.77. The lowest BCUT2D eigenvalue weighted by Gasteiger charge is -2.33. The van der Waals surface area contributed by atoms with Crippen LogP contribution in [0.4, 0.5) is 5.95 Å². The number of aromatic nitrogens is 2. The molecule has 1 atom stereocenters. The van der Waals surface area contributed by atoms with Gasteiger partial charge in [-0.25, -0.2) is 4.98 Å². The van der Waals surface area contributed by atoms with Gasteiger partial charge in [-0.2, -0.15) is 0 Å². The Balaban J connectivity index is 2.04. The fourth-order valence-electron chi connectivity index (χ4n) is 2.82. The van der Waals surface area contributed by atoms with E-state index in [1.807, 2.05) is 13.2 Å². The van der Waals surface area contributed by atoms with Crippen LogP contribution in [-0.2, 0) is 6.54 Å². The summed E-state index contributed by atoms with van der Waals surface area (Å²) in [7, 11) is 2.04. The van der Waals surface area contributed by atoms with Crippen LogP contribution >= 0.6 is 0 Å². The van der Waals surface area contributed by atoms with Gasteiger partial charge in [0, 0.05) is 32.0 Å². The summed E-state index contributed by atoms with van der Waals surface area (Å²) in [5, 5.41) is 3.30. The smallest absolute Gasteiger partial charge is 0.205 e. The predicted octanol–water partition coefficient (Wildman–Crippen LogP) is 1.97. The van der Waals surface area contributed by atoms with Gasteiger partial charge in [0.1, 0.15) is 0 Å². The quantitative estimate of drug-likeness (QED) is 0.867. The molecule has 1 saturated heterocycles. The van der Waals surface area contributed by atoms with E-state index in [1.165, 1.54) is 12.8 Å². The Labute approximate surface area is 110 Å². The Morgan fingerprint density at radius 1 is 1.50 bits per heavy atom. The molecule has 0 aromatic carbocycles. The van der Waals surface area contributed by atoms with Gasteiger partial charge in [0.25, 0.3) is 0 Å². The molecule has 0 radical (unpaired) electrons. The second-order valence-electron chi connectivity index (χ2n) is 5.79. The second kappa shape index (κ2) is 6.23. The standard InChI is InChI=1S/C14H26N4/c1-12(2)10-18-8-6-16-14(18)17-7-4-5-13(11-17)9-15-3/h6,8,12-13,15H,4-5,7,9-11H2,1-3H3. The maximum absolute atomic E-state index is 4.56. The number of rotatable bonds is 5. The highest BCUT2D eigenvalue weighted by molar-refractivity contribution is 5.32. The zero-order chi connectivity index (χ0) is 13.0. The molecule has 4 nitrogen and oxygen atoms in total. The Kier molecular flexibility index (Phi) is 4.64. The van der Waals surface area contributed by atoms with Crippen molar-refractivity contribution in [3.8, 4) is 0 Å². The zero-order valence-electron chi connectivity index (χ0n) is 11.9. The molecule has 0 aliphatic carbocycles. The van der Waals surface area contributed by atoms with E-state index in [9.17, 15) is 0 Å². The first kappa shape index (κ1) is 13.4. The lowest BCUT2D eigenvalue weighted by Crippen LogP contribution is -2.40. The second-order valence-corrected chi connectivity index (χ2v) is 5.79. The van der Waals surface area contributed by atoms with Gasteiger partial charge in [0.2, 0.25) is 5.95 Å². The number of nitrogens with zero attached hydrogens (tertiary/aromatic N) is 3. The van der Waals surface area contributed by atoms with Crippen molar-refractivity contribution < 1.29 is 0 Å². The van der Waals surface area contributed by atoms with Crippen molar-refractivity contribution in [2.45, 2.75) is 33.2 Å². The van der Waals surface area contributed by atoms with Crippen LogP contribution in [0.5, 0.6) is 0 Å². The summed E-state index contributed by atoms with van der Waals surface area (Å²) in [5.41, 5.74) is 0. The number of imidazole rings is 1. The third kappa shape index (κ3) is 3.25. The van der Waals surface area contributed by atoms with Crippen LogP contribution in [0.1, 0.15) is 26.7 Å². The Bertz CT molecular complexity index is 356. The van der Waals surface area contributed by atoms with E-state index in [1.54, 1.807) is 0 Å². The van der Waals surface area contributed by atoms with Crippen LogP contribution in [0.25, 0.3) is 0 Å². The van der Waals surface area contributed by atoms with E-state index in [2.05, 4.69) is 39.8 Å². The van der Waals surface area contributed by atoms with Crippen LogP contribution in [0.15, 0.2) is 12.4 Å². The molecule has 1 unspecified atom stereocenters. The molecule has 1 aromatic heterocycles. The number of hydrogen-bond donors (Lipinski definition) is 1. The summed E-state index contributed by atoms with van der Waals surface area (Å²) in [6.45, 7) is 8.96. The fraction of sp³-hybridized carbons (Fsp3) is 0.786. The first-order valence-electron chi connectivity index (χ1n) is 7.11. The fourth-order valence-corrected chi connectivity index (χ4v) is 2.82. The molecule has 0 amide bonds. The van der Waals surface area contributed by atoms with Crippen molar-refractivity contribution in [1.82, 2.24) is 14.9 Å². The first-order valence-corrected chi connectivity index (χ1v) is 7.11. The van der Waals surface area contributed by atoms with Crippen LogP contribution < -0.4 is 10.2 Å². The lowest BCUT2D eigenvalue weighted by atomic mass is 9.98. The monoisotopic (exact) mass is 250 g/mol. The highest BCUT2D eigenvalue weighted by Crippen LogP contribution is 2.22. The summed E-state index contributed by atoms with van der Waals surface area (Å²) in [6.07, 6.45) is 6.65. The van der Waals surface area contributed by atoms with Gasteiger partial charge < -0.3 is 14.8 Å². The maximum Gasteiger partial charge on any atom is 0.205 e. The van der Waals surface area contributed by atoms with Crippen molar-refractivity contribution >= 4 is 5.95 Å². The summed E-state index contributed by atoms with van der Waals surface area (Å²) in [6, 6.07) is 0. The molecule has 0 saturated carbocycles. The molecule has 1 N–H and O–H groups in total. The number of piperidine rings is 1. The van der Waals surface area contributed by atoms with Crippen molar-refractivity contribution in [1.29, 1.82) is 0 Å². The van der Waals surface area contributed by atoms with Gasteiger partial charge in [0.15, 0.2) is 0 Å². The van der Waals surface area contributed by atoms with Gasteiger partial charge in [0.05, 0.1) is 0 Å². The highest BCUT2D eigenvalue weighted by atomic mass is 15.3. The van der Waals surface area contributed by atoms with Crippen LogP contribution in [0.3, 0.4) is 0 Å². The van der Waals surface area contributed by atoms with Gasteiger partial charge >= 0.3 is 0 Å². The number of anilines is 1. The van der Waals surface area contributed by atoms with Gasteiger partial charge in [-0.1, -0.05) is 13.8 Å². The van der Waals surface area contributed by atoms with Crippen LogP contribution in [0, 0.1) is 11.8 Å². The predicted molar refractivity (Wildman–Crippen MR) is 75.9 cm³/mol. The largest absolute Gasteiger partial charge is 0.342 e. The number of nitrogens with one attached hydrogen (secondary N) is 1. The van der Waals surface area contributed by atoms with Crippen molar-refractivity contribution in [2.24, 2.45) is 11.8 Å². The molecule has 0 bridgehead atoms. The molecule has 1 fully saturated rings. The summed E-state index contributed by atoms with van der Waals surface area (Å²) < 4.78 is 2.30. The topological polar surface area (TPSA) is 33.1 Å². The zero-order valence-corrected chi connectivity index (χ0v) is 11.9. The molecule has 1 aliphatic rings. The van der Waals surface area contributed by atoms with E-state index >= 15 is 0 Å². The van der Waals surface area contributed by atoms with Gasteiger partial charge in [-0.3, -0.25) is 0 Å². The van der Waals surface area contributed by atoms with Crippen LogP contribution in [-0.4, -0.2) is 36.2 Å². The normalized spacial score (nSPS) is 20.7. The summed E-state index contributed by atoms with van der Waals surface area (Å²) in [5.74, 6) is 2.58. The number of hydrogen-bond acceptors (Lipinski definition) is 3. The first-order chi connectivity index (χ1) is 8.70. The minimum atomic E-state index is 0.663. The molecule has 0 spiro atoms. The summed E-state index contributed by atoms with van der Waals surface area (Å²) >= 11 is 0. The Morgan fingerprint density at radius 3 is 3.06 bits per heavy atom. The molecule has 18 heavy (non-hydrogen) atoms. The van der Waals surface area contributed by atoms with Crippen molar-refractivity contribution in [2.75, 3.05) is 31.6 Å². The van der Waals surface area contributed by atoms with E-state index in [0.29, 0.717) is 5.92 Å². The van der Waals surface area contributed by atoms with Gasteiger partial charge in [-0.15, -0.1) is 0 Å². The van der Waals surface area contributed by atoms with Crippen molar-refractivity contribution in [3.63, 3.8) is 0 Å². The molecule has 2 heterocycles. The highest BCUT2D eigenvalue weighted by Gasteiger charge is 2.22. The minimum absolute atomic E-state index is 0.663. The SMILES string of the molecule is CNCC1CCCN(c2nccn2CC(C)C)C1. The average molecular weight is 250 g/mol. The maximum atomic E-state index is 4.56. The van der Waals surface area contributed by atoms with E-state index in [0.717, 1.165) is 38.0 Å². The minimum Gasteiger partial charge on any atom is -0.342 e. The molecular weight excluding hydrogens is 224 g/mol. The molecule has 1 aliphatic heterocycles. The molecule has 2 rings (SSSR count). The molecule has 1 aromatic rings. The van der Waals surface area contributed by atoms with E-state index in [-0.39, 0.29) is 0 Å². The van der Waals surface area contributed by atoms with E-state index in [4.69, 9.17) is 0 Å². The van der Waals surface area contributed by atoms with Gasteiger partial charge in [-0.05, 0) is 38.3 Å². The third-order valence-electron chi connectivity index (χ3n) is 3.55. The van der Waals surface area contributed by atoms with E-state index < -0.39 is 0 Å². The lowest BCUT2D eigenvalue weighted by molar-refractivity contribution is 0.394. The summed E-state index contributed by atoms with van der Waals surface area (Å²) in [4.78, 5) is 7.01.